The Labute approximate surface area is 125 Å². The lowest BCUT2D eigenvalue weighted by atomic mass is 9.98. The summed E-state index contributed by atoms with van der Waals surface area (Å²) in [6.45, 7) is 6.37. The lowest BCUT2D eigenvalue weighted by molar-refractivity contribution is 0.867. The number of benzene rings is 2. The number of para-hydroxylation sites is 1. The van der Waals surface area contributed by atoms with Crippen molar-refractivity contribution in [3.63, 3.8) is 0 Å². The van der Waals surface area contributed by atoms with Crippen LogP contribution in [0, 0.1) is 18.3 Å². The van der Waals surface area contributed by atoms with Crippen molar-refractivity contribution in [2.75, 3.05) is 5.32 Å². The van der Waals surface area contributed by atoms with Gasteiger partial charge < -0.3 is 5.32 Å². The molecule has 0 radical (unpaired) electrons. The summed E-state index contributed by atoms with van der Waals surface area (Å²) in [5, 5.41) is 13.1. The Hall–Kier alpha value is -1.98. The summed E-state index contributed by atoms with van der Waals surface area (Å²) in [4.78, 5) is 0. The van der Waals surface area contributed by atoms with Gasteiger partial charge >= 0.3 is 0 Å². The van der Waals surface area contributed by atoms with Gasteiger partial charge in [-0.2, -0.15) is 5.26 Å². The number of anilines is 2. The first-order valence-corrected chi connectivity index (χ1v) is 6.97. The summed E-state index contributed by atoms with van der Waals surface area (Å²) >= 11 is 6.08. The Morgan fingerprint density at radius 3 is 2.50 bits per heavy atom. The number of nitrogens with one attached hydrogen (secondary N) is 1. The average Bonchev–Trinajstić information content (AvgIpc) is 2.41. The molecule has 102 valence electrons. The van der Waals surface area contributed by atoms with Gasteiger partial charge in [0.25, 0.3) is 0 Å². The number of aryl methyl sites for hydroxylation is 1. The van der Waals surface area contributed by atoms with E-state index in [-0.39, 0.29) is 0 Å². The molecule has 0 fully saturated rings. The Morgan fingerprint density at radius 1 is 1.15 bits per heavy atom. The molecule has 0 bridgehead atoms. The Balaban J connectivity index is 2.51. The van der Waals surface area contributed by atoms with Crippen LogP contribution in [0.25, 0.3) is 0 Å². The highest BCUT2D eigenvalue weighted by Crippen LogP contribution is 2.32. The van der Waals surface area contributed by atoms with E-state index in [0.717, 1.165) is 16.9 Å². The molecule has 0 aliphatic rings. The fraction of sp³-hybridized carbons (Fsp3) is 0.235. The van der Waals surface area contributed by atoms with Crippen LogP contribution >= 0.6 is 11.6 Å². The van der Waals surface area contributed by atoms with Gasteiger partial charge in [0.1, 0.15) is 6.07 Å². The molecule has 0 unspecified atom stereocenters. The van der Waals surface area contributed by atoms with Crippen molar-refractivity contribution >= 4 is 23.0 Å². The highest BCUT2D eigenvalue weighted by atomic mass is 35.5. The van der Waals surface area contributed by atoms with E-state index < -0.39 is 0 Å². The molecule has 1 N–H and O–H groups in total. The molecular weight excluding hydrogens is 268 g/mol. The quantitative estimate of drug-likeness (QED) is 0.820. The molecule has 0 saturated carbocycles. The van der Waals surface area contributed by atoms with Gasteiger partial charge in [-0.05, 0) is 36.1 Å². The molecule has 3 heteroatoms. The molecule has 0 amide bonds. The normalized spacial score (nSPS) is 10.4. The zero-order valence-electron chi connectivity index (χ0n) is 11.9. The fourth-order valence-electron chi connectivity index (χ4n) is 2.22. The van der Waals surface area contributed by atoms with Crippen molar-refractivity contribution in [1.82, 2.24) is 0 Å². The first kappa shape index (κ1) is 14.4. The Kier molecular flexibility index (Phi) is 4.32. The second-order valence-corrected chi connectivity index (χ2v) is 5.50. The van der Waals surface area contributed by atoms with Crippen LogP contribution in [0.4, 0.5) is 11.4 Å². The van der Waals surface area contributed by atoms with Gasteiger partial charge in [0.2, 0.25) is 0 Å². The van der Waals surface area contributed by atoms with Crippen molar-refractivity contribution in [1.29, 1.82) is 5.26 Å². The van der Waals surface area contributed by atoms with E-state index >= 15 is 0 Å². The average molecular weight is 285 g/mol. The Morgan fingerprint density at radius 2 is 1.85 bits per heavy atom. The van der Waals surface area contributed by atoms with E-state index in [0.29, 0.717) is 16.5 Å². The summed E-state index contributed by atoms with van der Waals surface area (Å²) in [6.07, 6.45) is 0. The van der Waals surface area contributed by atoms with Crippen LogP contribution in [0.2, 0.25) is 5.02 Å². The largest absolute Gasteiger partial charge is 0.354 e. The first-order valence-electron chi connectivity index (χ1n) is 6.59. The van der Waals surface area contributed by atoms with Crippen molar-refractivity contribution in [2.45, 2.75) is 26.7 Å². The third kappa shape index (κ3) is 2.79. The van der Waals surface area contributed by atoms with Gasteiger partial charge in [0.15, 0.2) is 0 Å². The van der Waals surface area contributed by atoms with Crippen molar-refractivity contribution in [3.8, 4) is 6.07 Å². The van der Waals surface area contributed by atoms with Gasteiger partial charge in [-0.25, -0.2) is 0 Å². The monoisotopic (exact) mass is 284 g/mol. The van der Waals surface area contributed by atoms with Gasteiger partial charge in [-0.15, -0.1) is 0 Å². The lowest BCUT2D eigenvalue weighted by Crippen LogP contribution is -2.01. The molecular formula is C17H17ClN2. The van der Waals surface area contributed by atoms with Crippen molar-refractivity contribution < 1.29 is 0 Å². The highest BCUT2D eigenvalue weighted by Gasteiger charge is 2.12. The molecule has 2 aromatic rings. The van der Waals surface area contributed by atoms with E-state index in [2.05, 4.69) is 50.4 Å². The zero-order chi connectivity index (χ0) is 14.7. The molecule has 0 aliphatic heterocycles. The van der Waals surface area contributed by atoms with Gasteiger partial charge in [-0.1, -0.05) is 49.7 Å². The van der Waals surface area contributed by atoms with Crippen LogP contribution in [0.1, 0.15) is 36.5 Å². The summed E-state index contributed by atoms with van der Waals surface area (Å²) in [5.74, 6) is 0.405. The molecule has 0 saturated heterocycles. The van der Waals surface area contributed by atoms with E-state index in [1.165, 1.54) is 5.56 Å². The second-order valence-electron chi connectivity index (χ2n) is 5.09. The van der Waals surface area contributed by atoms with E-state index in [1.807, 2.05) is 12.1 Å². The van der Waals surface area contributed by atoms with Crippen molar-refractivity contribution in [2.24, 2.45) is 0 Å². The van der Waals surface area contributed by atoms with Crippen LogP contribution < -0.4 is 5.32 Å². The second kappa shape index (κ2) is 5.98. The van der Waals surface area contributed by atoms with E-state index in [4.69, 9.17) is 11.6 Å². The maximum Gasteiger partial charge on any atom is 0.103 e. The summed E-state index contributed by atoms with van der Waals surface area (Å²) < 4.78 is 0. The molecule has 20 heavy (non-hydrogen) atoms. The molecule has 0 spiro atoms. The van der Waals surface area contributed by atoms with E-state index in [1.54, 1.807) is 6.07 Å². The number of rotatable bonds is 3. The predicted octanol–water partition coefficient (Wildman–Crippen LogP) is 5.39. The number of hydrogen-bond donors (Lipinski definition) is 1. The minimum atomic E-state index is 0.405. The maximum atomic E-state index is 9.25. The number of halogens is 1. The van der Waals surface area contributed by atoms with Gasteiger partial charge in [0, 0.05) is 5.69 Å². The third-order valence-corrected chi connectivity index (χ3v) is 3.63. The molecule has 0 atom stereocenters. The maximum absolute atomic E-state index is 9.25. The standard InChI is InChI=1S/C17H17ClN2/c1-11(2)13-7-4-6-12(3)17(13)20-16-9-5-8-15(18)14(16)10-19/h4-9,11,20H,1-3H3. The highest BCUT2D eigenvalue weighted by molar-refractivity contribution is 6.32. The smallest absolute Gasteiger partial charge is 0.103 e. The predicted molar refractivity (Wildman–Crippen MR) is 84.7 cm³/mol. The number of nitriles is 1. The summed E-state index contributed by atoms with van der Waals surface area (Å²) in [6, 6.07) is 13.8. The summed E-state index contributed by atoms with van der Waals surface area (Å²) in [7, 11) is 0. The zero-order valence-corrected chi connectivity index (χ0v) is 12.6. The lowest BCUT2D eigenvalue weighted by Gasteiger charge is -2.18. The number of nitrogens with zero attached hydrogens (tertiary/aromatic N) is 1. The summed E-state index contributed by atoms with van der Waals surface area (Å²) in [5.41, 5.74) is 4.67. The van der Waals surface area contributed by atoms with Crippen molar-refractivity contribution in [3.05, 3.63) is 58.1 Å². The van der Waals surface area contributed by atoms with Crippen LogP contribution in [0.15, 0.2) is 36.4 Å². The van der Waals surface area contributed by atoms with E-state index in [9.17, 15) is 5.26 Å². The van der Waals surface area contributed by atoms with Gasteiger partial charge in [-0.3, -0.25) is 0 Å². The number of hydrogen-bond acceptors (Lipinski definition) is 2. The minimum Gasteiger partial charge on any atom is -0.354 e. The molecule has 2 aromatic carbocycles. The molecule has 0 aliphatic carbocycles. The third-order valence-electron chi connectivity index (χ3n) is 3.31. The molecule has 2 nitrogen and oxygen atoms in total. The first-order chi connectivity index (χ1) is 9.54. The Bertz CT molecular complexity index is 669. The van der Waals surface area contributed by atoms with Crippen LogP contribution in [0.5, 0.6) is 0 Å². The van der Waals surface area contributed by atoms with Crippen LogP contribution in [-0.2, 0) is 0 Å². The van der Waals surface area contributed by atoms with Crippen LogP contribution in [-0.4, -0.2) is 0 Å². The minimum absolute atomic E-state index is 0.405. The van der Waals surface area contributed by atoms with Crippen LogP contribution in [0.3, 0.4) is 0 Å². The molecule has 0 heterocycles. The van der Waals surface area contributed by atoms with Gasteiger partial charge in [0.05, 0.1) is 16.3 Å². The molecule has 0 aromatic heterocycles. The fourth-order valence-corrected chi connectivity index (χ4v) is 2.44. The molecule has 2 rings (SSSR count). The SMILES string of the molecule is Cc1cccc(C(C)C)c1Nc1cccc(Cl)c1C#N. The topological polar surface area (TPSA) is 35.8 Å².